The van der Waals surface area contributed by atoms with Crippen molar-refractivity contribution in [1.82, 2.24) is 10.5 Å². The average Bonchev–Trinajstić information content (AvgIpc) is 2.54. The fraction of sp³-hybridized carbons (Fsp3) is 0.111. The van der Waals surface area contributed by atoms with Crippen LogP contribution >= 0.6 is 11.6 Å². The molecule has 1 heterocycles. The monoisotopic (exact) mass is 196 g/mol. The van der Waals surface area contributed by atoms with Gasteiger partial charge in [0.25, 0.3) is 0 Å². The van der Waals surface area contributed by atoms with Crippen molar-refractivity contribution in [2.24, 2.45) is 0 Å². The summed E-state index contributed by atoms with van der Waals surface area (Å²) in [5.74, 6) is 0. The molecule has 68 valence electrons. The molecule has 0 spiro atoms. The van der Waals surface area contributed by atoms with Gasteiger partial charge in [0, 0.05) is 0 Å². The maximum Gasteiger partial charge on any atom is 0.150 e. The van der Waals surface area contributed by atoms with Crippen LogP contribution in [0.5, 0.6) is 0 Å². The second-order valence-electron chi connectivity index (χ2n) is 2.70. The van der Waals surface area contributed by atoms with Gasteiger partial charge in [-0.3, -0.25) is 0 Å². The highest BCUT2D eigenvalue weighted by Crippen LogP contribution is 2.16. The molecule has 0 bridgehead atoms. The molecule has 1 aliphatic rings. The number of halogens is 1. The largest absolute Gasteiger partial charge is 0.246 e. The van der Waals surface area contributed by atoms with Crippen LogP contribution < -0.4 is 5.48 Å². The van der Waals surface area contributed by atoms with E-state index in [9.17, 15) is 0 Å². The highest BCUT2D eigenvalue weighted by atomic mass is 35.5. The molecule has 1 N–H and O–H groups in total. The van der Waals surface area contributed by atoms with Crippen LogP contribution in [0.3, 0.4) is 0 Å². The van der Waals surface area contributed by atoms with E-state index in [0.29, 0.717) is 11.7 Å². The third kappa shape index (κ3) is 1.94. The van der Waals surface area contributed by atoms with E-state index < -0.39 is 0 Å². The molecule has 2 rings (SSSR count). The summed E-state index contributed by atoms with van der Waals surface area (Å²) < 4.78 is 0. The third-order valence-electron chi connectivity index (χ3n) is 1.75. The lowest BCUT2D eigenvalue weighted by atomic mass is 10.2. The Morgan fingerprint density at radius 2 is 2.08 bits per heavy atom. The quantitative estimate of drug-likeness (QED) is 0.733. The zero-order chi connectivity index (χ0) is 9.10. The van der Waals surface area contributed by atoms with Gasteiger partial charge in [0.2, 0.25) is 0 Å². The van der Waals surface area contributed by atoms with E-state index in [1.807, 2.05) is 30.3 Å². The van der Waals surface area contributed by atoms with Gasteiger partial charge >= 0.3 is 0 Å². The summed E-state index contributed by atoms with van der Waals surface area (Å²) in [4.78, 5) is 5.03. The van der Waals surface area contributed by atoms with Crippen molar-refractivity contribution in [3.8, 4) is 0 Å². The molecule has 3 nitrogen and oxygen atoms in total. The van der Waals surface area contributed by atoms with Gasteiger partial charge < -0.3 is 0 Å². The average molecular weight is 197 g/mol. The highest BCUT2D eigenvalue weighted by molar-refractivity contribution is 6.29. The zero-order valence-corrected chi connectivity index (χ0v) is 7.66. The first-order chi connectivity index (χ1) is 6.36. The Morgan fingerprint density at radius 1 is 1.31 bits per heavy atom. The topological polar surface area (TPSA) is 24.5 Å². The van der Waals surface area contributed by atoms with Gasteiger partial charge in [0.1, 0.15) is 0 Å². The van der Waals surface area contributed by atoms with Crippen molar-refractivity contribution in [3.63, 3.8) is 0 Å². The first kappa shape index (κ1) is 8.41. The van der Waals surface area contributed by atoms with Gasteiger partial charge in [-0.1, -0.05) is 41.9 Å². The normalized spacial score (nSPS) is 15.5. The molecule has 0 unspecified atom stereocenters. The SMILES string of the molecule is ClC1=CNON1Cc1ccccc1. The molecule has 0 atom stereocenters. The van der Waals surface area contributed by atoms with Crippen molar-refractivity contribution >= 4 is 11.6 Å². The number of hydroxylamine groups is 3. The smallest absolute Gasteiger partial charge is 0.150 e. The maximum absolute atomic E-state index is 5.83. The van der Waals surface area contributed by atoms with Crippen LogP contribution in [-0.2, 0) is 11.5 Å². The molecule has 0 aromatic heterocycles. The van der Waals surface area contributed by atoms with Crippen LogP contribution in [0.25, 0.3) is 0 Å². The summed E-state index contributed by atoms with van der Waals surface area (Å²) in [7, 11) is 0. The number of nitrogens with zero attached hydrogens (tertiary/aromatic N) is 1. The minimum atomic E-state index is 0.559. The third-order valence-corrected chi connectivity index (χ3v) is 2.05. The Morgan fingerprint density at radius 3 is 2.69 bits per heavy atom. The molecule has 0 saturated heterocycles. The zero-order valence-electron chi connectivity index (χ0n) is 6.90. The minimum Gasteiger partial charge on any atom is -0.246 e. The number of benzene rings is 1. The summed E-state index contributed by atoms with van der Waals surface area (Å²) in [5, 5.41) is 2.14. The molecule has 0 amide bonds. The predicted octanol–water partition coefficient (Wildman–Crippen LogP) is 1.98. The summed E-state index contributed by atoms with van der Waals surface area (Å²) in [5.41, 5.74) is 3.72. The van der Waals surface area contributed by atoms with E-state index in [1.54, 1.807) is 11.3 Å². The van der Waals surface area contributed by atoms with E-state index in [1.165, 1.54) is 0 Å². The molecule has 0 radical (unpaired) electrons. The highest BCUT2D eigenvalue weighted by Gasteiger charge is 2.13. The first-order valence-electron chi connectivity index (χ1n) is 3.96. The van der Waals surface area contributed by atoms with Crippen LogP contribution in [0.2, 0.25) is 0 Å². The van der Waals surface area contributed by atoms with Crippen LogP contribution in [0.4, 0.5) is 0 Å². The second-order valence-corrected chi connectivity index (χ2v) is 3.09. The van der Waals surface area contributed by atoms with Crippen molar-refractivity contribution < 1.29 is 4.94 Å². The molecule has 0 aliphatic carbocycles. The standard InChI is InChI=1S/C9H9ClN2O/c10-9-6-11-13-12(9)7-8-4-2-1-3-5-8/h1-6,11H,7H2. The number of rotatable bonds is 2. The Labute approximate surface area is 81.5 Å². The summed E-state index contributed by atoms with van der Waals surface area (Å²) >= 11 is 5.83. The Kier molecular flexibility index (Phi) is 2.38. The van der Waals surface area contributed by atoms with E-state index in [4.69, 9.17) is 16.5 Å². The van der Waals surface area contributed by atoms with Crippen LogP contribution in [0, 0.1) is 0 Å². The lowest BCUT2D eigenvalue weighted by Gasteiger charge is -2.14. The molecule has 4 heteroatoms. The van der Waals surface area contributed by atoms with Gasteiger partial charge in [-0.25, -0.2) is 10.5 Å². The molecule has 0 fully saturated rings. The van der Waals surface area contributed by atoms with Gasteiger partial charge in [-0.15, -0.1) is 0 Å². The molecule has 1 aliphatic heterocycles. The summed E-state index contributed by atoms with van der Waals surface area (Å²) in [6, 6.07) is 9.98. The molecular formula is C9H9ClN2O. The Bertz CT molecular complexity index is 313. The van der Waals surface area contributed by atoms with Gasteiger partial charge in [0.05, 0.1) is 12.7 Å². The lowest BCUT2D eigenvalue weighted by Crippen LogP contribution is -2.18. The van der Waals surface area contributed by atoms with Gasteiger partial charge in [-0.2, -0.15) is 4.94 Å². The number of nitrogens with one attached hydrogen (secondary N) is 1. The molecule has 13 heavy (non-hydrogen) atoms. The maximum atomic E-state index is 5.83. The van der Waals surface area contributed by atoms with Crippen molar-refractivity contribution in [2.45, 2.75) is 6.54 Å². The van der Waals surface area contributed by atoms with Crippen molar-refractivity contribution in [1.29, 1.82) is 0 Å². The summed E-state index contributed by atoms with van der Waals surface area (Å²) in [6.45, 7) is 0.642. The second kappa shape index (κ2) is 3.68. The predicted molar refractivity (Wildman–Crippen MR) is 50.1 cm³/mol. The van der Waals surface area contributed by atoms with Gasteiger partial charge in [-0.05, 0) is 5.56 Å². The summed E-state index contributed by atoms with van der Waals surface area (Å²) in [6.07, 6.45) is 1.60. The van der Waals surface area contributed by atoms with Crippen LogP contribution in [-0.4, -0.2) is 5.06 Å². The molecule has 1 aromatic carbocycles. The minimum absolute atomic E-state index is 0.559. The van der Waals surface area contributed by atoms with Crippen LogP contribution in [0.1, 0.15) is 5.56 Å². The molecule has 1 aromatic rings. The first-order valence-corrected chi connectivity index (χ1v) is 4.34. The van der Waals surface area contributed by atoms with E-state index in [-0.39, 0.29) is 0 Å². The Hall–Kier alpha value is -1.19. The van der Waals surface area contributed by atoms with Crippen LogP contribution in [0.15, 0.2) is 41.7 Å². The number of hydrogen-bond donors (Lipinski definition) is 1. The molecule has 0 saturated carbocycles. The van der Waals surface area contributed by atoms with E-state index in [0.717, 1.165) is 5.56 Å². The van der Waals surface area contributed by atoms with Crippen molar-refractivity contribution in [3.05, 3.63) is 47.3 Å². The van der Waals surface area contributed by atoms with E-state index in [2.05, 4.69) is 5.48 Å². The molecular weight excluding hydrogens is 188 g/mol. The van der Waals surface area contributed by atoms with Gasteiger partial charge in [0.15, 0.2) is 5.16 Å². The fourth-order valence-corrected chi connectivity index (χ4v) is 1.25. The lowest BCUT2D eigenvalue weighted by molar-refractivity contribution is -0.152. The fourth-order valence-electron chi connectivity index (χ4n) is 1.11. The van der Waals surface area contributed by atoms with E-state index >= 15 is 0 Å². The Balaban J connectivity index is 2.03. The van der Waals surface area contributed by atoms with Crippen molar-refractivity contribution in [2.75, 3.05) is 0 Å². The number of hydrogen-bond acceptors (Lipinski definition) is 3.